The van der Waals surface area contributed by atoms with E-state index in [1.54, 1.807) is 0 Å². The number of ether oxygens (including phenoxy) is 2. The fourth-order valence-electron chi connectivity index (χ4n) is 2.74. The first kappa shape index (κ1) is 13.7. The normalized spacial score (nSPS) is 30.9. The number of hydrogen-bond acceptors (Lipinski definition) is 6. The smallest absolute Gasteiger partial charge is 0.316 e. The molecular weight excluding hydrogens is 252 g/mol. The van der Waals surface area contributed by atoms with E-state index in [2.05, 4.69) is 4.74 Å². The number of esters is 4. The highest BCUT2D eigenvalue weighted by Crippen LogP contribution is 2.35. The van der Waals surface area contributed by atoms with Crippen molar-refractivity contribution in [3.05, 3.63) is 0 Å². The molecule has 6 heteroatoms. The van der Waals surface area contributed by atoms with Crippen molar-refractivity contribution in [1.29, 1.82) is 0 Å². The molecule has 0 aromatic carbocycles. The van der Waals surface area contributed by atoms with E-state index in [9.17, 15) is 19.2 Å². The fraction of sp³-hybridized carbons (Fsp3) is 0.692. The molecule has 1 saturated heterocycles. The molecule has 104 valence electrons. The second-order valence-corrected chi connectivity index (χ2v) is 5.15. The Morgan fingerprint density at radius 1 is 1.11 bits per heavy atom. The summed E-state index contributed by atoms with van der Waals surface area (Å²) in [6.45, 7) is 1.17. The van der Waals surface area contributed by atoms with E-state index < -0.39 is 35.7 Å². The van der Waals surface area contributed by atoms with Gasteiger partial charge in [-0.3, -0.25) is 19.2 Å². The van der Waals surface area contributed by atoms with Crippen molar-refractivity contribution >= 4 is 23.9 Å². The second-order valence-electron chi connectivity index (χ2n) is 5.15. The molecule has 1 heterocycles. The molecule has 2 aliphatic rings. The van der Waals surface area contributed by atoms with E-state index in [0.717, 1.165) is 0 Å². The van der Waals surface area contributed by atoms with Gasteiger partial charge in [0.15, 0.2) is 0 Å². The van der Waals surface area contributed by atoms with Gasteiger partial charge < -0.3 is 9.47 Å². The van der Waals surface area contributed by atoms with Crippen LogP contribution in [0.4, 0.5) is 0 Å². The summed E-state index contributed by atoms with van der Waals surface area (Å²) in [5.74, 6) is -3.42. The largest absolute Gasteiger partial charge is 0.393 e. The maximum atomic E-state index is 11.7. The van der Waals surface area contributed by atoms with Gasteiger partial charge in [-0.1, -0.05) is 6.42 Å². The van der Waals surface area contributed by atoms with Gasteiger partial charge in [-0.15, -0.1) is 0 Å². The number of rotatable bonds is 1. The molecule has 19 heavy (non-hydrogen) atoms. The number of hydrogen-bond donors (Lipinski definition) is 0. The molecule has 1 aliphatic heterocycles. The molecule has 0 spiro atoms. The molecule has 1 aliphatic carbocycles. The Kier molecular flexibility index (Phi) is 3.97. The lowest BCUT2D eigenvalue weighted by Crippen LogP contribution is -2.38. The topological polar surface area (TPSA) is 86.7 Å². The van der Waals surface area contributed by atoms with Gasteiger partial charge in [-0.25, -0.2) is 0 Å². The van der Waals surface area contributed by atoms with E-state index >= 15 is 0 Å². The SMILES string of the molecule is CC(=O)OC(=O)C1CCCC2CC(C1)C(=O)OC2=O. The summed E-state index contributed by atoms with van der Waals surface area (Å²) in [7, 11) is 0. The van der Waals surface area contributed by atoms with E-state index in [1.165, 1.54) is 6.92 Å². The third-order valence-electron chi connectivity index (χ3n) is 3.69. The van der Waals surface area contributed by atoms with Crippen LogP contribution in [0.5, 0.6) is 0 Å². The molecule has 2 fully saturated rings. The summed E-state index contributed by atoms with van der Waals surface area (Å²) in [4.78, 5) is 45.6. The quantitative estimate of drug-likeness (QED) is 0.520. The van der Waals surface area contributed by atoms with Crippen molar-refractivity contribution in [3.63, 3.8) is 0 Å². The van der Waals surface area contributed by atoms with Gasteiger partial charge in [0.05, 0.1) is 17.8 Å². The number of fused-ring (bicyclic) bond motifs is 2. The average molecular weight is 268 g/mol. The summed E-state index contributed by atoms with van der Waals surface area (Å²) in [5.41, 5.74) is 0. The molecular formula is C13H16O6. The number of carbonyl (C=O) groups excluding carboxylic acids is 4. The standard InChI is InChI=1S/C13H16O6/c1-7(14)18-11(15)8-3-2-4-9-6-10(5-8)13(17)19-12(9)16/h8-10H,2-6H2,1H3. The average Bonchev–Trinajstić information content (AvgIpc) is 2.26. The Labute approximate surface area is 110 Å². The Balaban J connectivity index is 2.06. The monoisotopic (exact) mass is 268 g/mol. The summed E-state index contributed by atoms with van der Waals surface area (Å²) < 4.78 is 9.28. The van der Waals surface area contributed by atoms with Gasteiger partial charge in [-0.2, -0.15) is 0 Å². The zero-order chi connectivity index (χ0) is 14.0. The van der Waals surface area contributed by atoms with Crippen LogP contribution < -0.4 is 0 Å². The first-order chi connectivity index (χ1) is 8.97. The molecule has 3 unspecified atom stereocenters. The highest BCUT2D eigenvalue weighted by atomic mass is 16.6. The van der Waals surface area contributed by atoms with E-state index in [0.29, 0.717) is 25.7 Å². The molecule has 2 rings (SSSR count). The highest BCUT2D eigenvalue weighted by Gasteiger charge is 2.41. The first-order valence-electron chi connectivity index (χ1n) is 6.45. The molecule has 1 saturated carbocycles. The van der Waals surface area contributed by atoms with Crippen molar-refractivity contribution in [2.75, 3.05) is 0 Å². The number of cyclic esters (lactones) is 2. The zero-order valence-corrected chi connectivity index (χ0v) is 10.7. The van der Waals surface area contributed by atoms with Gasteiger partial charge in [-0.05, 0) is 25.7 Å². The van der Waals surface area contributed by atoms with Crippen LogP contribution in [0.1, 0.15) is 39.0 Å². The van der Waals surface area contributed by atoms with Crippen LogP contribution in [0.25, 0.3) is 0 Å². The van der Waals surface area contributed by atoms with Gasteiger partial charge in [0.2, 0.25) is 0 Å². The molecule has 0 aromatic heterocycles. The predicted octanol–water partition coefficient (Wildman–Crippen LogP) is 0.972. The molecule has 0 aromatic rings. The maximum Gasteiger partial charge on any atom is 0.316 e. The Bertz CT molecular complexity index is 427. The van der Waals surface area contributed by atoms with Crippen LogP contribution in [0, 0.1) is 17.8 Å². The summed E-state index contributed by atoms with van der Waals surface area (Å²) in [5, 5.41) is 0. The highest BCUT2D eigenvalue weighted by molar-refractivity contribution is 5.91. The molecule has 2 bridgehead atoms. The van der Waals surface area contributed by atoms with Gasteiger partial charge >= 0.3 is 23.9 Å². The van der Waals surface area contributed by atoms with Crippen LogP contribution in [-0.2, 0) is 28.7 Å². The Hall–Kier alpha value is -1.72. The molecule has 6 nitrogen and oxygen atoms in total. The maximum absolute atomic E-state index is 11.7. The van der Waals surface area contributed by atoms with Crippen molar-refractivity contribution in [2.24, 2.45) is 17.8 Å². The Morgan fingerprint density at radius 3 is 2.47 bits per heavy atom. The fourth-order valence-corrected chi connectivity index (χ4v) is 2.74. The first-order valence-corrected chi connectivity index (χ1v) is 6.45. The zero-order valence-electron chi connectivity index (χ0n) is 10.7. The lowest BCUT2D eigenvalue weighted by molar-refractivity contribution is -0.174. The second kappa shape index (κ2) is 5.50. The minimum Gasteiger partial charge on any atom is -0.393 e. The lowest BCUT2D eigenvalue weighted by Gasteiger charge is -2.31. The van der Waals surface area contributed by atoms with Gasteiger partial charge in [0, 0.05) is 6.92 Å². The third-order valence-corrected chi connectivity index (χ3v) is 3.69. The summed E-state index contributed by atoms with van der Waals surface area (Å²) in [6, 6.07) is 0. The third kappa shape index (κ3) is 3.19. The van der Waals surface area contributed by atoms with E-state index in [-0.39, 0.29) is 12.3 Å². The lowest BCUT2D eigenvalue weighted by atomic mass is 9.78. The predicted molar refractivity (Wildman–Crippen MR) is 61.4 cm³/mol. The minimum absolute atomic E-state index is 0.243. The van der Waals surface area contributed by atoms with Crippen molar-refractivity contribution in [3.8, 4) is 0 Å². The van der Waals surface area contributed by atoms with E-state index in [1.807, 2.05) is 0 Å². The van der Waals surface area contributed by atoms with Crippen LogP contribution >= 0.6 is 0 Å². The van der Waals surface area contributed by atoms with Crippen LogP contribution in [0.2, 0.25) is 0 Å². The Morgan fingerprint density at radius 2 is 1.79 bits per heavy atom. The van der Waals surface area contributed by atoms with Gasteiger partial charge in [0.25, 0.3) is 0 Å². The van der Waals surface area contributed by atoms with Crippen LogP contribution in [-0.4, -0.2) is 23.9 Å². The van der Waals surface area contributed by atoms with E-state index in [4.69, 9.17) is 4.74 Å². The van der Waals surface area contributed by atoms with Crippen molar-refractivity contribution < 1.29 is 28.7 Å². The number of carbonyl (C=O) groups is 4. The summed E-state index contributed by atoms with van der Waals surface area (Å²) in [6.07, 6.45) is 2.53. The van der Waals surface area contributed by atoms with Gasteiger partial charge in [0.1, 0.15) is 0 Å². The van der Waals surface area contributed by atoms with Crippen LogP contribution in [0.15, 0.2) is 0 Å². The van der Waals surface area contributed by atoms with Crippen LogP contribution in [0.3, 0.4) is 0 Å². The summed E-state index contributed by atoms with van der Waals surface area (Å²) >= 11 is 0. The molecule has 0 N–H and O–H groups in total. The molecule has 0 amide bonds. The van der Waals surface area contributed by atoms with Crippen molar-refractivity contribution in [1.82, 2.24) is 0 Å². The van der Waals surface area contributed by atoms with Crippen molar-refractivity contribution in [2.45, 2.75) is 39.0 Å². The molecule has 0 radical (unpaired) electrons. The minimum atomic E-state index is -0.647. The molecule has 3 atom stereocenters.